The maximum atomic E-state index is 4.15. The van der Waals surface area contributed by atoms with Gasteiger partial charge in [-0.1, -0.05) is 76.2 Å². The van der Waals surface area contributed by atoms with E-state index in [0.29, 0.717) is 0 Å². The summed E-state index contributed by atoms with van der Waals surface area (Å²) in [6.45, 7) is 8.03. The molecule has 2 aromatic carbocycles. The first-order chi connectivity index (χ1) is 20.6. The van der Waals surface area contributed by atoms with Gasteiger partial charge in [0.2, 0.25) is 5.69 Å². The highest BCUT2D eigenvalue weighted by molar-refractivity contribution is 8.76. The molecule has 6 heteroatoms. The Bertz CT molecular complexity index is 1330. The lowest BCUT2D eigenvalue weighted by molar-refractivity contribution is -0.695. The van der Waals surface area contributed by atoms with Crippen LogP contribution in [-0.4, -0.2) is 51.4 Å². The van der Waals surface area contributed by atoms with Crippen molar-refractivity contribution < 1.29 is 4.57 Å². The van der Waals surface area contributed by atoms with Gasteiger partial charge in [0.25, 0.3) is 0 Å². The van der Waals surface area contributed by atoms with Gasteiger partial charge in [-0.25, -0.2) is 0 Å². The Morgan fingerprint density at radius 2 is 1.24 bits per heavy atom. The van der Waals surface area contributed by atoms with E-state index >= 15 is 0 Å². The molecular weight excluding hydrogens is 553 g/mol. The van der Waals surface area contributed by atoms with Crippen LogP contribution >= 0.6 is 21.6 Å². The maximum absolute atomic E-state index is 4.15. The van der Waals surface area contributed by atoms with Crippen LogP contribution in [0.2, 0.25) is 0 Å². The number of anilines is 2. The number of aryl methyl sites for hydroxylation is 1. The predicted molar refractivity (Wildman–Crippen MR) is 192 cm³/mol. The topological polar surface area (TPSA) is 22.7 Å². The lowest BCUT2D eigenvalue weighted by Gasteiger charge is -2.20. The Morgan fingerprint density at radius 1 is 0.667 bits per heavy atom. The summed E-state index contributed by atoms with van der Waals surface area (Å²) in [5.74, 6) is 2.18. The molecule has 42 heavy (non-hydrogen) atoms. The molecule has 1 heterocycles. The quantitative estimate of drug-likeness (QED) is 0.0513. The van der Waals surface area contributed by atoms with E-state index in [9.17, 15) is 0 Å². The third kappa shape index (κ3) is 12.2. The van der Waals surface area contributed by atoms with Crippen LogP contribution in [0.5, 0.6) is 0 Å². The van der Waals surface area contributed by atoms with E-state index in [0.717, 1.165) is 37.7 Å². The number of rotatable bonds is 17. The molecular formula is C36H45N4S2+. The number of allylic oxidation sites excluding steroid dienone is 5. The molecule has 220 valence electrons. The zero-order chi connectivity index (χ0) is 29.8. The summed E-state index contributed by atoms with van der Waals surface area (Å²) in [5.41, 5.74) is 6.13. The molecule has 0 N–H and O–H groups in total. The summed E-state index contributed by atoms with van der Waals surface area (Å²) in [4.78, 5) is 8.81. The second-order valence-corrected chi connectivity index (χ2v) is 12.4. The number of aliphatic imine (C=N–C) groups is 1. The zero-order valence-corrected chi connectivity index (χ0v) is 27.1. The van der Waals surface area contributed by atoms with Gasteiger partial charge >= 0.3 is 0 Å². The van der Waals surface area contributed by atoms with E-state index < -0.39 is 0 Å². The van der Waals surface area contributed by atoms with Gasteiger partial charge in [0.15, 0.2) is 6.20 Å². The molecule has 0 fully saturated rings. The molecule has 0 atom stereocenters. The van der Waals surface area contributed by atoms with Crippen LogP contribution in [0.15, 0.2) is 108 Å². The molecule has 0 aliphatic heterocycles. The minimum Gasteiger partial charge on any atom is -0.374 e. The van der Waals surface area contributed by atoms with Gasteiger partial charge in [-0.15, -0.1) is 0 Å². The SMILES string of the molecule is CCN=CC=CC=CC=Cc1ccc(N(C)CCSSCCN(C)c2ccc(C=Cc3cccc[n+]3CC)cc2)cc1. The van der Waals surface area contributed by atoms with Crippen LogP contribution in [0.3, 0.4) is 0 Å². The van der Waals surface area contributed by atoms with Gasteiger partial charge in [0.1, 0.15) is 6.54 Å². The highest BCUT2D eigenvalue weighted by Crippen LogP contribution is 2.23. The third-order valence-electron chi connectivity index (χ3n) is 6.64. The minimum absolute atomic E-state index is 0.819. The molecule has 0 amide bonds. The minimum atomic E-state index is 0.819. The van der Waals surface area contributed by atoms with Gasteiger partial charge in [-0.3, -0.25) is 4.99 Å². The van der Waals surface area contributed by atoms with Crippen LogP contribution in [0.4, 0.5) is 11.4 Å². The number of aromatic nitrogens is 1. The number of nitrogens with zero attached hydrogens (tertiary/aromatic N) is 4. The van der Waals surface area contributed by atoms with E-state index in [-0.39, 0.29) is 0 Å². The smallest absolute Gasteiger partial charge is 0.205 e. The summed E-state index contributed by atoms with van der Waals surface area (Å²) < 4.78 is 2.24. The molecule has 0 aliphatic carbocycles. The molecule has 4 nitrogen and oxygen atoms in total. The molecule has 0 saturated carbocycles. The summed E-state index contributed by atoms with van der Waals surface area (Å²) in [5, 5.41) is 0. The van der Waals surface area contributed by atoms with E-state index in [1.165, 1.54) is 28.2 Å². The first kappa shape index (κ1) is 33.0. The fraction of sp³-hybridized carbons (Fsp3) is 0.278. The van der Waals surface area contributed by atoms with Gasteiger partial charge in [-0.2, -0.15) is 4.57 Å². The summed E-state index contributed by atoms with van der Waals surface area (Å²) in [7, 11) is 8.25. The number of hydrogen-bond acceptors (Lipinski definition) is 5. The van der Waals surface area contributed by atoms with Crippen molar-refractivity contribution in [1.29, 1.82) is 0 Å². The molecule has 0 saturated heterocycles. The van der Waals surface area contributed by atoms with Crippen LogP contribution in [0, 0.1) is 0 Å². The lowest BCUT2D eigenvalue weighted by atomic mass is 10.1. The Morgan fingerprint density at radius 3 is 1.83 bits per heavy atom. The largest absolute Gasteiger partial charge is 0.374 e. The Hall–Kier alpha value is -3.48. The molecule has 0 radical (unpaired) electrons. The van der Waals surface area contributed by atoms with Crippen molar-refractivity contribution >= 4 is 57.4 Å². The van der Waals surface area contributed by atoms with Crippen molar-refractivity contribution in [2.45, 2.75) is 20.4 Å². The average Bonchev–Trinajstić information content (AvgIpc) is 3.03. The van der Waals surface area contributed by atoms with Crippen molar-refractivity contribution in [3.8, 4) is 0 Å². The third-order valence-corrected chi connectivity index (χ3v) is 9.01. The Balaban J connectivity index is 1.32. The van der Waals surface area contributed by atoms with Gasteiger partial charge in [-0.05, 0) is 67.5 Å². The van der Waals surface area contributed by atoms with E-state index in [1.807, 2.05) is 59.0 Å². The standard InChI is InChI=1S/C36H45N4S2/c1-5-37-26-12-9-7-8-10-14-32-16-21-34(22-17-32)38(3)28-30-41-42-31-29-39(4)35-23-18-33(19-24-35)20-25-36-15-11-13-27-40(36)6-2/h7-27H,5-6,28-31H2,1-4H3/q+1. The molecule has 3 rings (SSSR count). The Labute approximate surface area is 261 Å². The second kappa shape index (κ2) is 19.6. The van der Waals surface area contributed by atoms with Crippen LogP contribution in [-0.2, 0) is 6.54 Å². The molecule has 0 bridgehead atoms. The lowest BCUT2D eigenvalue weighted by Crippen LogP contribution is -2.34. The van der Waals surface area contributed by atoms with Crippen molar-refractivity contribution in [3.63, 3.8) is 0 Å². The summed E-state index contributed by atoms with van der Waals surface area (Å²) in [6, 6.07) is 23.9. The summed E-state index contributed by atoms with van der Waals surface area (Å²) >= 11 is 0. The van der Waals surface area contributed by atoms with Crippen molar-refractivity contribution in [3.05, 3.63) is 120 Å². The maximum Gasteiger partial charge on any atom is 0.205 e. The van der Waals surface area contributed by atoms with Crippen molar-refractivity contribution in [1.82, 2.24) is 0 Å². The fourth-order valence-corrected chi connectivity index (χ4v) is 6.18. The molecule has 1 aromatic heterocycles. The Kier molecular flexibility index (Phi) is 15.4. The predicted octanol–water partition coefficient (Wildman–Crippen LogP) is 8.33. The van der Waals surface area contributed by atoms with Gasteiger partial charge in [0.05, 0.1) is 0 Å². The van der Waals surface area contributed by atoms with E-state index in [1.54, 1.807) is 0 Å². The van der Waals surface area contributed by atoms with Gasteiger partial charge in [0, 0.05) is 81.0 Å². The molecule has 0 spiro atoms. The second-order valence-electron chi connectivity index (χ2n) is 9.69. The van der Waals surface area contributed by atoms with Crippen LogP contribution in [0.25, 0.3) is 18.2 Å². The highest BCUT2D eigenvalue weighted by atomic mass is 33.1. The van der Waals surface area contributed by atoms with Crippen molar-refractivity contribution in [2.24, 2.45) is 4.99 Å². The first-order valence-electron chi connectivity index (χ1n) is 14.6. The average molecular weight is 598 g/mol. The normalized spacial score (nSPS) is 12.1. The van der Waals surface area contributed by atoms with Crippen molar-refractivity contribution in [2.75, 3.05) is 55.0 Å². The van der Waals surface area contributed by atoms with Gasteiger partial charge < -0.3 is 9.80 Å². The zero-order valence-electron chi connectivity index (χ0n) is 25.5. The highest BCUT2D eigenvalue weighted by Gasteiger charge is 2.05. The van der Waals surface area contributed by atoms with E-state index in [2.05, 4.69) is 138 Å². The number of pyridine rings is 1. The van der Waals surface area contributed by atoms with E-state index in [4.69, 9.17) is 0 Å². The first-order valence-corrected chi connectivity index (χ1v) is 17.1. The molecule has 0 aliphatic rings. The summed E-state index contributed by atoms with van der Waals surface area (Å²) in [6.07, 6.45) is 20.5. The monoisotopic (exact) mass is 597 g/mol. The van der Waals surface area contributed by atoms with Crippen LogP contribution < -0.4 is 14.4 Å². The number of hydrogen-bond donors (Lipinski definition) is 0. The molecule has 3 aromatic rings. The number of benzene rings is 2. The fourth-order valence-electron chi connectivity index (χ4n) is 4.09. The molecule has 0 unspecified atom stereocenters. The van der Waals surface area contributed by atoms with Crippen LogP contribution in [0.1, 0.15) is 30.7 Å².